The van der Waals surface area contributed by atoms with Gasteiger partial charge in [-0.05, 0) is 54.9 Å². The number of aliphatic hydroxyl groups excluding tert-OH is 1. The molecule has 1 aromatic rings. The van der Waals surface area contributed by atoms with Gasteiger partial charge in [0.05, 0.1) is 12.1 Å². The van der Waals surface area contributed by atoms with Gasteiger partial charge in [-0.15, -0.1) is 0 Å². The van der Waals surface area contributed by atoms with Crippen LogP contribution in [0.5, 0.6) is 0 Å². The Hall–Kier alpha value is -2.00. The van der Waals surface area contributed by atoms with Crippen LogP contribution < -0.4 is 10.6 Å². The Kier molecular flexibility index (Phi) is 20.4. The second kappa shape index (κ2) is 22.6. The fourth-order valence-corrected chi connectivity index (χ4v) is 5.15. The summed E-state index contributed by atoms with van der Waals surface area (Å²) in [5, 5.41) is 15.8. The molecule has 2 amide bonds. The number of benzene rings is 1. The Labute approximate surface area is 249 Å². The summed E-state index contributed by atoms with van der Waals surface area (Å²) < 4.78 is 37.3. The van der Waals surface area contributed by atoms with Crippen LogP contribution in [0.4, 0.5) is 18.9 Å². The van der Waals surface area contributed by atoms with E-state index < -0.39 is 23.6 Å². The van der Waals surface area contributed by atoms with Gasteiger partial charge in [0, 0.05) is 23.1 Å². The first-order valence-corrected chi connectivity index (χ1v) is 16.3. The first-order valence-electron chi connectivity index (χ1n) is 15.5. The highest BCUT2D eigenvalue weighted by atomic mass is 32.2. The molecule has 0 aliphatic rings. The molecule has 2 atom stereocenters. The van der Waals surface area contributed by atoms with E-state index in [0.29, 0.717) is 18.5 Å². The summed E-state index contributed by atoms with van der Waals surface area (Å²) in [5.41, 5.74) is -4.04. The number of amides is 2. The predicted octanol–water partition coefficient (Wildman–Crippen LogP) is 9.31. The van der Waals surface area contributed by atoms with Gasteiger partial charge < -0.3 is 15.7 Å². The lowest BCUT2D eigenvalue weighted by molar-refractivity contribution is -0.122. The second-order valence-corrected chi connectivity index (χ2v) is 11.8. The summed E-state index contributed by atoms with van der Waals surface area (Å²) in [6.07, 6.45) is 21.3. The number of unbranched alkanes of at least 4 members (excludes halogenated alkanes) is 14. The van der Waals surface area contributed by atoms with E-state index in [9.17, 15) is 27.9 Å². The van der Waals surface area contributed by atoms with Crippen LogP contribution in [0.25, 0.3) is 0 Å². The Morgan fingerprint density at radius 3 is 1.78 bits per heavy atom. The quantitative estimate of drug-likeness (QED) is 0.0664. The summed E-state index contributed by atoms with van der Waals surface area (Å²) in [6.45, 7) is 4.10. The fraction of sp³-hybridized carbons (Fsp3) is 0.688. The van der Waals surface area contributed by atoms with Crippen LogP contribution in [-0.2, 0) is 9.59 Å². The van der Waals surface area contributed by atoms with E-state index in [-0.39, 0.29) is 22.6 Å². The molecule has 0 aliphatic heterocycles. The van der Waals surface area contributed by atoms with Crippen molar-refractivity contribution in [3.63, 3.8) is 0 Å². The number of hydrogen-bond donors (Lipinski definition) is 3. The molecule has 0 spiro atoms. The van der Waals surface area contributed by atoms with Crippen molar-refractivity contribution in [2.45, 2.75) is 146 Å². The van der Waals surface area contributed by atoms with Crippen molar-refractivity contribution >= 4 is 29.3 Å². The van der Waals surface area contributed by atoms with Crippen molar-refractivity contribution in [2.24, 2.45) is 0 Å². The van der Waals surface area contributed by atoms with Crippen molar-refractivity contribution in [1.82, 2.24) is 5.32 Å². The van der Waals surface area contributed by atoms with E-state index in [0.717, 1.165) is 25.3 Å². The minimum Gasteiger partial charge on any atom is -0.387 e. The van der Waals surface area contributed by atoms with E-state index >= 15 is 0 Å². The van der Waals surface area contributed by atoms with Gasteiger partial charge in [-0.1, -0.05) is 104 Å². The summed E-state index contributed by atoms with van der Waals surface area (Å²) in [4.78, 5) is 24.5. The number of carbonyl (C=O) groups excluding carboxylic acids is 2. The lowest BCUT2D eigenvalue weighted by Gasteiger charge is -2.20. The van der Waals surface area contributed by atoms with Gasteiger partial charge in [0.2, 0.25) is 11.8 Å². The zero-order valence-electron chi connectivity index (χ0n) is 24.9. The number of alkyl halides is 3. The molecule has 3 N–H and O–H groups in total. The van der Waals surface area contributed by atoms with E-state index in [2.05, 4.69) is 17.6 Å². The molecule has 9 heteroatoms. The monoisotopic (exact) mass is 600 g/mol. The third-order valence-electron chi connectivity index (χ3n) is 7.01. The molecular formula is C32H51F3N2O3S. The zero-order valence-corrected chi connectivity index (χ0v) is 25.8. The maximum Gasteiger partial charge on any atom is 0.446 e. The zero-order chi connectivity index (χ0) is 30.3. The molecule has 0 saturated heterocycles. The average molecular weight is 601 g/mol. The molecule has 5 nitrogen and oxygen atoms in total. The van der Waals surface area contributed by atoms with Crippen molar-refractivity contribution in [1.29, 1.82) is 0 Å². The number of rotatable bonds is 23. The van der Waals surface area contributed by atoms with Crippen molar-refractivity contribution in [2.75, 3.05) is 5.32 Å². The van der Waals surface area contributed by atoms with Gasteiger partial charge >= 0.3 is 5.51 Å². The third kappa shape index (κ3) is 20.5. The highest BCUT2D eigenvalue weighted by Crippen LogP contribution is 2.37. The lowest BCUT2D eigenvalue weighted by Crippen LogP contribution is -2.42. The number of nitrogens with one attached hydrogen (secondary N) is 2. The van der Waals surface area contributed by atoms with Crippen LogP contribution in [0.2, 0.25) is 0 Å². The molecule has 1 aromatic carbocycles. The van der Waals surface area contributed by atoms with E-state index in [1.54, 1.807) is 0 Å². The van der Waals surface area contributed by atoms with Crippen LogP contribution >= 0.6 is 11.8 Å². The molecule has 234 valence electrons. The number of thioether (sulfide) groups is 1. The van der Waals surface area contributed by atoms with E-state index in [1.165, 1.54) is 107 Å². The number of carbonyl (C=O) groups is 2. The Bertz CT molecular complexity index is 863. The molecule has 0 aliphatic carbocycles. The maximum atomic E-state index is 12.4. The van der Waals surface area contributed by atoms with Crippen LogP contribution in [0.15, 0.2) is 41.3 Å². The largest absolute Gasteiger partial charge is 0.446 e. The highest BCUT2D eigenvalue weighted by Gasteiger charge is 2.29. The third-order valence-corrected chi connectivity index (χ3v) is 7.75. The van der Waals surface area contributed by atoms with Crippen LogP contribution in [0.3, 0.4) is 0 Å². The summed E-state index contributed by atoms with van der Waals surface area (Å²) in [7, 11) is 0. The first-order chi connectivity index (χ1) is 19.6. The van der Waals surface area contributed by atoms with E-state index in [4.69, 9.17) is 0 Å². The van der Waals surface area contributed by atoms with Gasteiger partial charge in [-0.2, -0.15) is 13.2 Å². The fourth-order valence-electron chi connectivity index (χ4n) is 4.61. The summed E-state index contributed by atoms with van der Waals surface area (Å²) in [5.74, 6) is -0.639. The number of halogens is 3. The average Bonchev–Trinajstić information content (AvgIpc) is 2.92. The topological polar surface area (TPSA) is 78.4 Å². The smallest absolute Gasteiger partial charge is 0.387 e. The van der Waals surface area contributed by atoms with Gasteiger partial charge in [-0.3, -0.25) is 9.59 Å². The molecule has 0 heterocycles. The first kappa shape index (κ1) is 37.0. The summed E-state index contributed by atoms with van der Waals surface area (Å²) >= 11 is -0.227. The molecule has 1 rings (SSSR count). The Morgan fingerprint density at radius 2 is 1.32 bits per heavy atom. The lowest BCUT2D eigenvalue weighted by atomic mass is 10.0. The SMILES string of the molecule is CCCCCCCCCCCCCCCCCC(=O)N[C@@H](CC)[C@H](O)/C=C/C(=O)Nc1ccc(SC(F)(F)F)cc1. The van der Waals surface area contributed by atoms with Gasteiger partial charge in [0.1, 0.15) is 0 Å². The van der Waals surface area contributed by atoms with E-state index in [1.807, 2.05) is 6.92 Å². The van der Waals surface area contributed by atoms with Crippen molar-refractivity contribution < 1.29 is 27.9 Å². The molecular weight excluding hydrogens is 549 g/mol. The Morgan fingerprint density at radius 1 is 0.829 bits per heavy atom. The van der Waals surface area contributed by atoms with Gasteiger partial charge in [-0.25, -0.2) is 0 Å². The molecule has 0 unspecified atom stereocenters. The second-order valence-electron chi connectivity index (χ2n) is 10.7. The van der Waals surface area contributed by atoms with Crippen molar-refractivity contribution in [3.8, 4) is 0 Å². The molecule has 0 radical (unpaired) electrons. The number of aliphatic hydroxyl groups is 1. The minimum absolute atomic E-state index is 0.0207. The normalized spacial score (nSPS) is 13.3. The van der Waals surface area contributed by atoms with Crippen LogP contribution in [0.1, 0.15) is 123 Å². The molecule has 0 fully saturated rings. The van der Waals surface area contributed by atoms with Crippen molar-refractivity contribution in [3.05, 3.63) is 36.4 Å². The number of anilines is 1. The van der Waals surface area contributed by atoms with Gasteiger partial charge in [0.25, 0.3) is 0 Å². The standard InChI is InChI=1S/C32H51F3N2O3S/c1-3-5-6-7-8-9-10-11-12-13-14-15-16-17-18-19-30(39)37-28(4-2)29(38)24-25-31(40)36-26-20-22-27(23-21-26)41-32(33,34)35/h20-25,28-29,38H,3-19H2,1-2H3,(H,36,40)(H,37,39)/b25-24+/t28-,29+/m0/s1. The molecule has 0 bridgehead atoms. The highest BCUT2D eigenvalue weighted by molar-refractivity contribution is 8.00. The number of hydrogen-bond acceptors (Lipinski definition) is 4. The Balaban J connectivity index is 2.15. The minimum atomic E-state index is -4.37. The maximum absolute atomic E-state index is 12.4. The summed E-state index contributed by atoms with van der Waals surface area (Å²) in [6, 6.07) is 4.79. The molecule has 0 aromatic heterocycles. The predicted molar refractivity (Wildman–Crippen MR) is 164 cm³/mol. The van der Waals surface area contributed by atoms with Crippen LogP contribution in [0, 0.1) is 0 Å². The molecule has 41 heavy (non-hydrogen) atoms. The van der Waals surface area contributed by atoms with Gasteiger partial charge in [0.15, 0.2) is 0 Å². The van der Waals surface area contributed by atoms with Crippen LogP contribution in [-0.4, -0.2) is 34.6 Å². The molecule has 0 saturated carbocycles.